The molecule has 25 heavy (non-hydrogen) atoms. The molecule has 1 aliphatic rings. The number of ether oxygens (including phenoxy) is 2. The van der Waals surface area contributed by atoms with E-state index in [1.54, 1.807) is 30.3 Å². The normalized spacial score (nSPS) is 16.6. The maximum absolute atomic E-state index is 12.2. The predicted octanol–water partition coefficient (Wildman–Crippen LogP) is 1.78. The molecule has 132 valence electrons. The molecule has 1 aromatic heterocycles. The Bertz CT molecular complexity index is 735. The van der Waals surface area contributed by atoms with E-state index in [1.807, 2.05) is 0 Å². The summed E-state index contributed by atoms with van der Waals surface area (Å²) in [4.78, 5) is 22.8. The van der Waals surface area contributed by atoms with E-state index >= 15 is 0 Å². The summed E-state index contributed by atoms with van der Waals surface area (Å²) in [6, 6.07) is 8.32. The van der Waals surface area contributed by atoms with Crippen LogP contribution in [0.15, 0.2) is 36.5 Å². The van der Waals surface area contributed by atoms with Crippen molar-refractivity contribution < 1.29 is 24.2 Å². The molecule has 2 N–H and O–H groups in total. The fourth-order valence-electron chi connectivity index (χ4n) is 2.51. The minimum absolute atomic E-state index is 0.142. The van der Waals surface area contributed by atoms with E-state index in [-0.39, 0.29) is 18.6 Å². The fourth-order valence-corrected chi connectivity index (χ4v) is 2.51. The molecule has 1 atom stereocenters. The summed E-state index contributed by atoms with van der Waals surface area (Å²) in [5.41, 5.74) is 0.456. The van der Waals surface area contributed by atoms with Crippen LogP contribution in [0, 0.1) is 0 Å². The van der Waals surface area contributed by atoms with Gasteiger partial charge in [-0.1, -0.05) is 0 Å². The zero-order chi connectivity index (χ0) is 17.6. The van der Waals surface area contributed by atoms with E-state index in [0.717, 1.165) is 19.4 Å². The average molecular weight is 345 g/mol. The molecule has 0 saturated carbocycles. The summed E-state index contributed by atoms with van der Waals surface area (Å²) in [5.74, 6) is -0.353. The number of nitrogens with one attached hydrogen (secondary N) is 1. The molecule has 3 rings (SSSR count). The second kappa shape index (κ2) is 7.80. The van der Waals surface area contributed by atoms with Gasteiger partial charge in [-0.25, -0.2) is 0 Å². The summed E-state index contributed by atoms with van der Waals surface area (Å²) in [5, 5.41) is 15.3. The van der Waals surface area contributed by atoms with Gasteiger partial charge in [-0.15, -0.1) is 0 Å². The van der Waals surface area contributed by atoms with Gasteiger partial charge in [0.2, 0.25) is 0 Å². The number of aliphatic carboxylic acids is 1. The summed E-state index contributed by atoms with van der Waals surface area (Å²) in [6.45, 7) is 1.04. The first-order chi connectivity index (χ1) is 12.1. The number of amides is 1. The lowest BCUT2D eigenvalue weighted by Gasteiger charge is -2.11. The van der Waals surface area contributed by atoms with Gasteiger partial charge >= 0.3 is 5.97 Å². The lowest BCUT2D eigenvalue weighted by molar-refractivity contribution is -0.137. The molecule has 0 radical (unpaired) electrons. The van der Waals surface area contributed by atoms with Crippen LogP contribution >= 0.6 is 0 Å². The second-order valence-electron chi connectivity index (χ2n) is 5.72. The molecule has 1 fully saturated rings. The smallest absolute Gasteiger partial charge is 0.325 e. The van der Waals surface area contributed by atoms with Crippen LogP contribution in [0.5, 0.6) is 5.75 Å². The Morgan fingerprint density at radius 2 is 2.12 bits per heavy atom. The van der Waals surface area contributed by atoms with E-state index in [2.05, 4.69) is 10.4 Å². The summed E-state index contributed by atoms with van der Waals surface area (Å²) < 4.78 is 12.4. The molecule has 1 aromatic carbocycles. The highest BCUT2D eigenvalue weighted by molar-refractivity contribution is 6.03. The van der Waals surface area contributed by atoms with Crippen LogP contribution in [-0.2, 0) is 16.1 Å². The van der Waals surface area contributed by atoms with Crippen LogP contribution in [0.4, 0.5) is 5.82 Å². The van der Waals surface area contributed by atoms with Gasteiger partial charge in [0.15, 0.2) is 5.82 Å². The third-order valence-electron chi connectivity index (χ3n) is 3.76. The first-order valence-electron chi connectivity index (χ1n) is 8.01. The van der Waals surface area contributed by atoms with Crippen molar-refractivity contribution in [1.29, 1.82) is 0 Å². The molecule has 8 heteroatoms. The van der Waals surface area contributed by atoms with Crippen molar-refractivity contribution >= 4 is 17.7 Å². The Morgan fingerprint density at radius 1 is 1.32 bits per heavy atom. The van der Waals surface area contributed by atoms with Gasteiger partial charge < -0.3 is 19.9 Å². The molecule has 8 nitrogen and oxygen atoms in total. The number of hydrogen-bond acceptors (Lipinski definition) is 5. The highest BCUT2D eigenvalue weighted by Crippen LogP contribution is 2.17. The fraction of sp³-hybridized carbons (Fsp3) is 0.353. The Balaban J connectivity index is 1.53. The molecule has 0 bridgehead atoms. The monoisotopic (exact) mass is 345 g/mol. The molecule has 0 spiro atoms. The summed E-state index contributed by atoms with van der Waals surface area (Å²) in [7, 11) is 0. The largest absolute Gasteiger partial charge is 0.491 e. The first-order valence-corrected chi connectivity index (χ1v) is 8.01. The Kier molecular flexibility index (Phi) is 5.30. The Labute approximate surface area is 144 Å². The van der Waals surface area contributed by atoms with Crippen molar-refractivity contribution in [2.24, 2.45) is 0 Å². The number of benzene rings is 1. The minimum atomic E-state index is -1.00. The van der Waals surface area contributed by atoms with E-state index in [9.17, 15) is 9.59 Å². The summed E-state index contributed by atoms with van der Waals surface area (Å²) in [6.07, 6.45) is 3.71. The quantitative estimate of drug-likeness (QED) is 0.793. The van der Waals surface area contributed by atoms with Crippen LogP contribution in [0.2, 0.25) is 0 Å². The molecule has 1 amide bonds. The highest BCUT2D eigenvalue weighted by Gasteiger charge is 2.16. The topological polar surface area (TPSA) is 103 Å². The molecule has 1 aliphatic heterocycles. The second-order valence-corrected chi connectivity index (χ2v) is 5.72. The third kappa shape index (κ3) is 4.80. The number of carboxylic acids is 1. The minimum Gasteiger partial charge on any atom is -0.491 e. The number of carbonyl (C=O) groups excluding carboxylic acids is 1. The Morgan fingerprint density at radius 3 is 2.80 bits per heavy atom. The number of rotatable bonds is 7. The molecule has 2 aromatic rings. The van der Waals surface area contributed by atoms with Gasteiger partial charge in [-0.3, -0.25) is 14.3 Å². The molecule has 1 unspecified atom stereocenters. The van der Waals surface area contributed by atoms with Crippen molar-refractivity contribution in [3.05, 3.63) is 42.1 Å². The van der Waals surface area contributed by atoms with Gasteiger partial charge in [-0.2, -0.15) is 5.10 Å². The number of aromatic nitrogens is 2. The van der Waals surface area contributed by atoms with Crippen LogP contribution in [0.1, 0.15) is 23.2 Å². The lowest BCUT2D eigenvalue weighted by atomic mass is 10.2. The van der Waals surface area contributed by atoms with E-state index in [0.29, 0.717) is 23.7 Å². The van der Waals surface area contributed by atoms with Gasteiger partial charge in [0.1, 0.15) is 18.9 Å². The van der Waals surface area contributed by atoms with Gasteiger partial charge in [0, 0.05) is 24.4 Å². The van der Waals surface area contributed by atoms with Crippen LogP contribution in [0.25, 0.3) is 0 Å². The van der Waals surface area contributed by atoms with Crippen LogP contribution in [0.3, 0.4) is 0 Å². The number of anilines is 1. The van der Waals surface area contributed by atoms with Crippen molar-refractivity contribution in [1.82, 2.24) is 9.78 Å². The average Bonchev–Trinajstić information content (AvgIpc) is 3.25. The number of carboxylic acid groups (broad SMARTS) is 1. The van der Waals surface area contributed by atoms with Crippen molar-refractivity contribution in [2.45, 2.75) is 25.5 Å². The van der Waals surface area contributed by atoms with Crippen molar-refractivity contribution in [3.8, 4) is 5.75 Å². The standard InChI is InChI=1S/C17H19N3O5/c21-16(22)10-20-8-7-15(19-20)18-17(23)12-3-5-13(6-4-12)25-11-14-2-1-9-24-14/h3-8,14H,1-2,9-11H2,(H,21,22)(H,18,19,23). The van der Waals surface area contributed by atoms with E-state index in [4.69, 9.17) is 14.6 Å². The maximum Gasteiger partial charge on any atom is 0.325 e. The van der Waals surface area contributed by atoms with Crippen molar-refractivity contribution in [2.75, 3.05) is 18.5 Å². The summed E-state index contributed by atoms with van der Waals surface area (Å²) >= 11 is 0. The number of hydrogen-bond donors (Lipinski definition) is 2. The highest BCUT2D eigenvalue weighted by atomic mass is 16.5. The molecule has 1 saturated heterocycles. The SMILES string of the molecule is O=C(O)Cn1ccc(NC(=O)c2ccc(OCC3CCCO3)cc2)n1. The molecular weight excluding hydrogens is 326 g/mol. The van der Waals surface area contributed by atoms with Gasteiger partial charge in [0.05, 0.1) is 6.10 Å². The van der Waals surface area contributed by atoms with Crippen LogP contribution < -0.4 is 10.1 Å². The number of carbonyl (C=O) groups is 2. The molecule has 0 aliphatic carbocycles. The van der Waals surface area contributed by atoms with E-state index < -0.39 is 5.97 Å². The Hall–Kier alpha value is -2.87. The number of nitrogens with zero attached hydrogens (tertiary/aromatic N) is 2. The first kappa shape index (κ1) is 17.0. The van der Waals surface area contributed by atoms with Crippen molar-refractivity contribution in [3.63, 3.8) is 0 Å². The van der Waals surface area contributed by atoms with Gasteiger partial charge in [-0.05, 0) is 37.1 Å². The van der Waals surface area contributed by atoms with Gasteiger partial charge in [0.25, 0.3) is 5.91 Å². The molecule has 2 heterocycles. The van der Waals surface area contributed by atoms with Crippen LogP contribution in [-0.4, -0.2) is 46.1 Å². The third-order valence-corrected chi connectivity index (χ3v) is 3.76. The zero-order valence-corrected chi connectivity index (χ0v) is 13.6. The van der Waals surface area contributed by atoms with E-state index in [1.165, 1.54) is 10.9 Å². The maximum atomic E-state index is 12.2. The predicted molar refractivity (Wildman–Crippen MR) is 88.7 cm³/mol. The zero-order valence-electron chi connectivity index (χ0n) is 13.6. The molecular formula is C17H19N3O5. The lowest BCUT2D eigenvalue weighted by Crippen LogP contribution is -2.16.